The van der Waals surface area contributed by atoms with Crippen LogP contribution in [-0.4, -0.2) is 76.7 Å². The van der Waals surface area contributed by atoms with E-state index in [1.165, 1.54) is 34.6 Å². The van der Waals surface area contributed by atoms with Gasteiger partial charge in [-0.3, -0.25) is 19.4 Å². The number of Topliss-reactive ketones (excluding diaryl/α,β-unsaturated/α-hetero) is 1. The lowest BCUT2D eigenvalue weighted by molar-refractivity contribution is -0.138. The van der Waals surface area contributed by atoms with Gasteiger partial charge in [-0.25, -0.2) is 13.2 Å². The first kappa shape index (κ1) is 25.9. The van der Waals surface area contributed by atoms with E-state index in [9.17, 15) is 27.6 Å². The number of likely N-dealkylation sites (tertiary alicyclic amines) is 1. The van der Waals surface area contributed by atoms with Gasteiger partial charge in [0.1, 0.15) is 17.8 Å². The fourth-order valence-electron chi connectivity index (χ4n) is 4.54. The summed E-state index contributed by atoms with van der Waals surface area (Å²) in [7, 11) is -4.53. The van der Waals surface area contributed by atoms with Gasteiger partial charge in [0.15, 0.2) is 10.8 Å². The molecule has 4 heterocycles. The topological polar surface area (TPSA) is 143 Å². The number of fused-ring (bicyclic) bond motifs is 1. The van der Waals surface area contributed by atoms with Crippen molar-refractivity contribution in [2.24, 2.45) is 5.92 Å². The third-order valence-electron chi connectivity index (χ3n) is 6.06. The lowest BCUT2D eigenvalue weighted by Gasteiger charge is -2.28. The van der Waals surface area contributed by atoms with Crippen LogP contribution < -0.4 is 10.1 Å². The van der Waals surface area contributed by atoms with Crippen LogP contribution in [0.25, 0.3) is 0 Å². The van der Waals surface area contributed by atoms with Crippen LogP contribution in [0.5, 0.6) is 5.06 Å². The molecule has 0 aromatic carbocycles. The Hall–Kier alpha value is -3.16. The number of ketones is 1. The van der Waals surface area contributed by atoms with E-state index in [2.05, 4.69) is 10.3 Å². The second-order valence-corrected chi connectivity index (χ2v) is 11.7. The standard InChI is InChI=1S/C23H26N4O7S2/c1-14(2)12-16(25-23(31)34-19-7-5-11-35-19)21(29)26-10-8-17-20(26)18(28)13-27(17)36(32,33)22(30)15-6-3-4-9-24-15/h3-7,9,11,14,16-17,20H,8,10,12-13H2,1-2H3,(H,25,31). The molecule has 3 unspecified atom stereocenters. The number of hydrogen-bond donors (Lipinski definition) is 1. The van der Waals surface area contributed by atoms with E-state index < -0.39 is 57.6 Å². The molecule has 0 bridgehead atoms. The lowest BCUT2D eigenvalue weighted by atomic mass is 10.0. The summed E-state index contributed by atoms with van der Waals surface area (Å²) < 4.78 is 32.3. The highest BCUT2D eigenvalue weighted by molar-refractivity contribution is 8.04. The third kappa shape index (κ3) is 5.18. The highest BCUT2D eigenvalue weighted by Gasteiger charge is 2.55. The summed E-state index contributed by atoms with van der Waals surface area (Å²) in [5.41, 5.74) is -0.246. The number of sulfonamides is 1. The number of pyridine rings is 1. The van der Waals surface area contributed by atoms with Gasteiger partial charge in [0.25, 0.3) is 10.0 Å². The molecule has 2 amide bonds. The van der Waals surface area contributed by atoms with Gasteiger partial charge in [0.05, 0.1) is 12.6 Å². The highest BCUT2D eigenvalue weighted by Crippen LogP contribution is 2.33. The van der Waals surface area contributed by atoms with E-state index >= 15 is 0 Å². The van der Waals surface area contributed by atoms with Crippen molar-refractivity contribution < 1.29 is 32.3 Å². The zero-order valence-electron chi connectivity index (χ0n) is 19.7. The van der Waals surface area contributed by atoms with Gasteiger partial charge in [-0.15, -0.1) is 11.3 Å². The molecule has 2 aliphatic rings. The van der Waals surface area contributed by atoms with Crippen LogP contribution in [0, 0.1) is 5.92 Å². The number of thiophene rings is 1. The molecule has 0 spiro atoms. The summed E-state index contributed by atoms with van der Waals surface area (Å²) in [4.78, 5) is 56.6. The van der Waals surface area contributed by atoms with Crippen LogP contribution in [0.3, 0.4) is 0 Å². The number of nitrogens with zero attached hydrogens (tertiary/aromatic N) is 3. The molecule has 4 rings (SSSR count). The molecule has 2 saturated heterocycles. The van der Waals surface area contributed by atoms with Crippen LogP contribution >= 0.6 is 11.3 Å². The SMILES string of the molecule is CC(C)CC(NC(=O)Oc1cccs1)C(=O)N1CCC2C1C(=O)CN2S(=O)(=O)C(=O)c1ccccn1. The third-order valence-corrected chi connectivity index (χ3v) is 8.50. The minimum Gasteiger partial charge on any atom is -0.399 e. The van der Waals surface area contributed by atoms with Crippen molar-refractivity contribution in [1.82, 2.24) is 19.5 Å². The predicted octanol–water partition coefficient (Wildman–Crippen LogP) is 1.67. The minimum absolute atomic E-state index is 0.0338. The molecule has 13 heteroatoms. The van der Waals surface area contributed by atoms with Gasteiger partial charge in [-0.1, -0.05) is 19.9 Å². The Morgan fingerprint density at radius 1 is 1.22 bits per heavy atom. The normalized spacial score (nSPS) is 20.9. The van der Waals surface area contributed by atoms with Gasteiger partial charge < -0.3 is 15.0 Å². The van der Waals surface area contributed by atoms with Crippen molar-refractivity contribution in [3.05, 3.63) is 47.6 Å². The lowest BCUT2D eigenvalue weighted by Crippen LogP contribution is -2.53. The Bertz CT molecular complexity index is 1250. The van der Waals surface area contributed by atoms with E-state index in [4.69, 9.17) is 4.74 Å². The first-order chi connectivity index (χ1) is 17.1. The van der Waals surface area contributed by atoms with Gasteiger partial charge in [-0.05, 0) is 48.4 Å². The fraction of sp³-hybridized carbons (Fsp3) is 0.435. The number of amides is 2. The van der Waals surface area contributed by atoms with Crippen molar-refractivity contribution in [2.45, 2.75) is 44.8 Å². The van der Waals surface area contributed by atoms with E-state index in [1.54, 1.807) is 23.6 Å². The second kappa shape index (κ2) is 10.4. The number of nitrogens with one attached hydrogen (secondary N) is 1. The Kier molecular flexibility index (Phi) is 7.52. The number of carbonyl (C=O) groups excluding carboxylic acids is 4. The Balaban J connectivity index is 1.51. The minimum atomic E-state index is -4.53. The number of aromatic nitrogens is 1. The summed E-state index contributed by atoms with van der Waals surface area (Å²) >= 11 is 1.22. The van der Waals surface area contributed by atoms with Crippen molar-refractivity contribution in [3.8, 4) is 5.06 Å². The number of carbonyl (C=O) groups is 4. The van der Waals surface area contributed by atoms with Crippen molar-refractivity contribution in [1.29, 1.82) is 0 Å². The quantitative estimate of drug-likeness (QED) is 0.565. The zero-order valence-corrected chi connectivity index (χ0v) is 21.3. The molecule has 2 aromatic rings. The molecule has 2 aliphatic heterocycles. The zero-order chi connectivity index (χ0) is 26.0. The van der Waals surface area contributed by atoms with E-state index in [0.29, 0.717) is 11.5 Å². The molecule has 192 valence electrons. The number of hydrogen-bond acceptors (Lipinski definition) is 9. The maximum Gasteiger partial charge on any atom is 0.414 e. The number of rotatable bonds is 7. The van der Waals surface area contributed by atoms with Crippen LogP contribution in [0.1, 0.15) is 37.2 Å². The molecule has 0 aliphatic carbocycles. The Morgan fingerprint density at radius 2 is 2.00 bits per heavy atom. The monoisotopic (exact) mass is 534 g/mol. The highest BCUT2D eigenvalue weighted by atomic mass is 32.2. The maximum atomic E-state index is 13.5. The van der Waals surface area contributed by atoms with Crippen LogP contribution in [0.15, 0.2) is 41.9 Å². The molecule has 0 saturated carbocycles. The average Bonchev–Trinajstić information content (AvgIpc) is 3.57. The second-order valence-electron chi connectivity index (χ2n) is 9.00. The fourth-order valence-corrected chi connectivity index (χ4v) is 6.59. The van der Waals surface area contributed by atoms with Crippen molar-refractivity contribution >= 4 is 44.3 Å². The van der Waals surface area contributed by atoms with E-state index in [-0.39, 0.29) is 24.6 Å². The van der Waals surface area contributed by atoms with Crippen LogP contribution in [-0.2, 0) is 19.6 Å². The molecule has 36 heavy (non-hydrogen) atoms. The molecule has 2 aromatic heterocycles. The number of ether oxygens (including phenoxy) is 1. The summed E-state index contributed by atoms with van der Waals surface area (Å²) in [6.45, 7) is 3.37. The summed E-state index contributed by atoms with van der Waals surface area (Å²) in [5.74, 6) is -0.942. The molecule has 0 radical (unpaired) electrons. The summed E-state index contributed by atoms with van der Waals surface area (Å²) in [6, 6.07) is 4.81. The largest absolute Gasteiger partial charge is 0.414 e. The Labute approximate surface area is 212 Å². The molecule has 1 N–H and O–H groups in total. The molecule has 3 atom stereocenters. The molecular formula is C23H26N4O7S2. The first-order valence-electron chi connectivity index (χ1n) is 11.4. The van der Waals surface area contributed by atoms with Crippen LogP contribution in [0.4, 0.5) is 4.79 Å². The van der Waals surface area contributed by atoms with Gasteiger partial charge in [-0.2, -0.15) is 4.31 Å². The van der Waals surface area contributed by atoms with Gasteiger partial charge in [0.2, 0.25) is 5.91 Å². The maximum absolute atomic E-state index is 13.5. The van der Waals surface area contributed by atoms with Crippen LogP contribution in [0.2, 0.25) is 0 Å². The predicted molar refractivity (Wildman–Crippen MR) is 130 cm³/mol. The smallest absolute Gasteiger partial charge is 0.399 e. The molecule has 2 fully saturated rings. The summed E-state index contributed by atoms with van der Waals surface area (Å²) in [6.07, 6.45) is 0.989. The van der Waals surface area contributed by atoms with Crippen molar-refractivity contribution in [2.75, 3.05) is 13.1 Å². The first-order valence-corrected chi connectivity index (χ1v) is 13.7. The molecular weight excluding hydrogens is 508 g/mol. The van der Waals surface area contributed by atoms with Gasteiger partial charge >= 0.3 is 11.2 Å². The van der Waals surface area contributed by atoms with E-state index in [1.807, 2.05) is 13.8 Å². The Morgan fingerprint density at radius 3 is 2.64 bits per heavy atom. The van der Waals surface area contributed by atoms with E-state index in [0.717, 1.165) is 4.31 Å². The van der Waals surface area contributed by atoms with Gasteiger partial charge in [0, 0.05) is 12.7 Å². The van der Waals surface area contributed by atoms with Crippen molar-refractivity contribution in [3.63, 3.8) is 0 Å². The molecule has 11 nitrogen and oxygen atoms in total. The average molecular weight is 535 g/mol. The summed E-state index contributed by atoms with van der Waals surface area (Å²) in [5, 5.41) is 3.50.